The first-order chi connectivity index (χ1) is 7.75. The fraction of sp³-hybridized carbons (Fsp3) is 0.417. The van der Waals surface area contributed by atoms with Gasteiger partial charge >= 0.3 is 0 Å². The third-order valence-corrected chi connectivity index (χ3v) is 2.53. The summed E-state index contributed by atoms with van der Waals surface area (Å²) in [6, 6.07) is 4.06. The molecule has 0 aliphatic heterocycles. The summed E-state index contributed by atoms with van der Waals surface area (Å²) in [4.78, 5) is 5.37. The molecule has 0 spiro atoms. The molecule has 0 amide bonds. The molecule has 0 fully saturated rings. The second-order valence-electron chi connectivity index (χ2n) is 4.23. The summed E-state index contributed by atoms with van der Waals surface area (Å²) in [5.41, 5.74) is 2.27. The van der Waals surface area contributed by atoms with Gasteiger partial charge in [-0.2, -0.15) is 5.10 Å². The van der Waals surface area contributed by atoms with Gasteiger partial charge < -0.3 is 9.88 Å². The van der Waals surface area contributed by atoms with Crippen LogP contribution in [0.5, 0.6) is 0 Å². The minimum Gasteiger partial charge on any atom is -0.361 e. The number of aryl methyl sites for hydroxylation is 1. The number of H-pyrrole nitrogens is 1. The number of nitrogens with one attached hydrogen (secondary N) is 1. The van der Waals surface area contributed by atoms with Crippen LogP contribution in [0, 0.1) is 0 Å². The van der Waals surface area contributed by atoms with Gasteiger partial charge in [-0.05, 0) is 39.2 Å². The second kappa shape index (κ2) is 4.99. The molecule has 0 aliphatic rings. The first-order valence-electron chi connectivity index (χ1n) is 5.56. The van der Waals surface area contributed by atoms with Crippen LogP contribution in [0.4, 0.5) is 0 Å². The normalized spacial score (nSPS) is 11.2. The van der Waals surface area contributed by atoms with Crippen molar-refractivity contribution in [2.45, 2.75) is 13.0 Å². The number of hydrogen-bond acceptors (Lipinski definition) is 2. The van der Waals surface area contributed by atoms with Crippen molar-refractivity contribution in [2.24, 2.45) is 0 Å². The SMILES string of the molecule is CN(C)CCCn1cc(-c2ccc[nH]2)cn1. The Balaban J connectivity index is 1.93. The average molecular weight is 218 g/mol. The standard InChI is InChI=1S/C12H18N4/c1-15(2)7-4-8-16-10-11(9-14-16)12-5-3-6-13-12/h3,5-6,9-10,13H,4,7-8H2,1-2H3. The van der Waals surface area contributed by atoms with Crippen molar-refractivity contribution >= 4 is 0 Å². The van der Waals surface area contributed by atoms with Gasteiger partial charge in [-0.15, -0.1) is 0 Å². The van der Waals surface area contributed by atoms with Crippen molar-refractivity contribution in [2.75, 3.05) is 20.6 Å². The molecule has 0 aliphatic carbocycles. The lowest BCUT2D eigenvalue weighted by molar-refractivity contribution is 0.380. The van der Waals surface area contributed by atoms with Crippen LogP contribution >= 0.6 is 0 Å². The zero-order chi connectivity index (χ0) is 11.4. The summed E-state index contributed by atoms with van der Waals surface area (Å²) in [7, 11) is 4.18. The quantitative estimate of drug-likeness (QED) is 0.831. The predicted octanol–water partition coefficient (Wildman–Crippen LogP) is 1.83. The van der Waals surface area contributed by atoms with Crippen LogP contribution in [0.2, 0.25) is 0 Å². The molecule has 0 unspecified atom stereocenters. The van der Waals surface area contributed by atoms with Gasteiger partial charge in [0.2, 0.25) is 0 Å². The lowest BCUT2D eigenvalue weighted by atomic mass is 10.3. The van der Waals surface area contributed by atoms with Crippen molar-refractivity contribution in [1.29, 1.82) is 0 Å². The van der Waals surface area contributed by atoms with Gasteiger partial charge in [0, 0.05) is 30.2 Å². The maximum Gasteiger partial charge on any atom is 0.0583 e. The molecule has 0 aromatic carbocycles. The summed E-state index contributed by atoms with van der Waals surface area (Å²) in [5.74, 6) is 0. The van der Waals surface area contributed by atoms with Gasteiger partial charge in [0.05, 0.1) is 6.20 Å². The molecular weight excluding hydrogens is 200 g/mol. The first-order valence-corrected chi connectivity index (χ1v) is 5.56. The Morgan fingerprint density at radius 2 is 2.31 bits per heavy atom. The van der Waals surface area contributed by atoms with E-state index in [1.54, 1.807) is 0 Å². The monoisotopic (exact) mass is 218 g/mol. The van der Waals surface area contributed by atoms with E-state index in [4.69, 9.17) is 0 Å². The van der Waals surface area contributed by atoms with Crippen molar-refractivity contribution in [3.05, 3.63) is 30.7 Å². The number of aromatic amines is 1. The van der Waals surface area contributed by atoms with Crippen LogP contribution in [0.3, 0.4) is 0 Å². The molecule has 86 valence electrons. The van der Waals surface area contributed by atoms with Crippen molar-refractivity contribution in [3.63, 3.8) is 0 Å². The second-order valence-corrected chi connectivity index (χ2v) is 4.23. The van der Waals surface area contributed by atoms with Crippen molar-refractivity contribution < 1.29 is 0 Å². The molecular formula is C12H18N4. The zero-order valence-electron chi connectivity index (χ0n) is 9.85. The van der Waals surface area contributed by atoms with Gasteiger partial charge in [0.25, 0.3) is 0 Å². The summed E-state index contributed by atoms with van der Waals surface area (Å²) in [5, 5.41) is 4.35. The number of rotatable bonds is 5. The van der Waals surface area contributed by atoms with Crippen molar-refractivity contribution in [1.82, 2.24) is 19.7 Å². The van der Waals surface area contributed by atoms with E-state index in [-0.39, 0.29) is 0 Å². The molecule has 2 rings (SSSR count). The maximum atomic E-state index is 4.35. The van der Waals surface area contributed by atoms with E-state index in [1.165, 1.54) is 0 Å². The number of nitrogens with zero attached hydrogens (tertiary/aromatic N) is 3. The highest BCUT2D eigenvalue weighted by atomic mass is 15.3. The molecule has 0 radical (unpaired) electrons. The molecule has 2 aromatic rings. The lowest BCUT2D eigenvalue weighted by Gasteiger charge is -2.08. The van der Waals surface area contributed by atoms with Gasteiger partial charge in [0.1, 0.15) is 0 Å². The molecule has 0 atom stereocenters. The van der Waals surface area contributed by atoms with E-state index < -0.39 is 0 Å². The smallest absolute Gasteiger partial charge is 0.0583 e. The molecule has 4 heteroatoms. The molecule has 0 saturated heterocycles. The maximum absolute atomic E-state index is 4.35. The predicted molar refractivity (Wildman–Crippen MR) is 65.2 cm³/mol. The van der Waals surface area contributed by atoms with Crippen molar-refractivity contribution in [3.8, 4) is 11.3 Å². The molecule has 16 heavy (non-hydrogen) atoms. The van der Waals surface area contributed by atoms with E-state index in [9.17, 15) is 0 Å². The Kier molecular flexibility index (Phi) is 3.41. The molecule has 2 aromatic heterocycles. The minimum atomic E-state index is 0.971. The number of hydrogen-bond donors (Lipinski definition) is 1. The highest BCUT2D eigenvalue weighted by molar-refractivity contribution is 5.56. The lowest BCUT2D eigenvalue weighted by Crippen LogP contribution is -2.15. The Hall–Kier alpha value is -1.55. The molecule has 0 bridgehead atoms. The topological polar surface area (TPSA) is 36.9 Å². The summed E-state index contributed by atoms with van der Waals surface area (Å²) < 4.78 is 2.00. The third kappa shape index (κ3) is 2.73. The highest BCUT2D eigenvalue weighted by Gasteiger charge is 2.01. The average Bonchev–Trinajstić information content (AvgIpc) is 2.85. The Morgan fingerprint density at radius 1 is 1.44 bits per heavy atom. The van der Waals surface area contributed by atoms with Crippen LogP contribution in [0.15, 0.2) is 30.7 Å². The Morgan fingerprint density at radius 3 is 3.00 bits per heavy atom. The Labute approximate surface area is 95.9 Å². The number of aromatic nitrogens is 3. The zero-order valence-corrected chi connectivity index (χ0v) is 9.85. The van der Waals surface area contributed by atoms with Crippen LogP contribution in [0.1, 0.15) is 6.42 Å². The van der Waals surface area contributed by atoms with E-state index in [0.717, 1.165) is 30.8 Å². The summed E-state index contributed by atoms with van der Waals surface area (Å²) in [6.45, 7) is 2.07. The van der Waals surface area contributed by atoms with E-state index >= 15 is 0 Å². The molecule has 2 heterocycles. The largest absolute Gasteiger partial charge is 0.361 e. The molecule has 0 saturated carbocycles. The molecule has 1 N–H and O–H groups in total. The molecule has 4 nitrogen and oxygen atoms in total. The fourth-order valence-corrected chi connectivity index (χ4v) is 1.68. The Bertz CT molecular complexity index is 414. The summed E-state index contributed by atoms with van der Waals surface area (Å²) in [6.07, 6.45) is 7.04. The summed E-state index contributed by atoms with van der Waals surface area (Å²) >= 11 is 0. The van der Waals surface area contributed by atoms with E-state index in [0.29, 0.717) is 0 Å². The van der Waals surface area contributed by atoms with Gasteiger partial charge in [-0.1, -0.05) is 0 Å². The van der Waals surface area contributed by atoms with E-state index in [2.05, 4.69) is 41.3 Å². The van der Waals surface area contributed by atoms with Gasteiger partial charge in [-0.3, -0.25) is 4.68 Å². The van der Waals surface area contributed by atoms with Crippen LogP contribution in [-0.2, 0) is 6.54 Å². The first kappa shape index (κ1) is 11.0. The van der Waals surface area contributed by atoms with Gasteiger partial charge in [0.15, 0.2) is 0 Å². The van der Waals surface area contributed by atoms with Crippen LogP contribution in [-0.4, -0.2) is 40.3 Å². The van der Waals surface area contributed by atoms with Crippen LogP contribution < -0.4 is 0 Å². The fourth-order valence-electron chi connectivity index (χ4n) is 1.68. The third-order valence-electron chi connectivity index (χ3n) is 2.53. The van der Waals surface area contributed by atoms with Crippen LogP contribution in [0.25, 0.3) is 11.3 Å². The van der Waals surface area contributed by atoms with Gasteiger partial charge in [-0.25, -0.2) is 0 Å². The minimum absolute atomic E-state index is 0.971. The highest BCUT2D eigenvalue weighted by Crippen LogP contribution is 2.15. The van der Waals surface area contributed by atoms with E-state index in [1.807, 2.05) is 23.1 Å².